The number of fused-ring (bicyclic) bond motifs is 5. The maximum atomic E-state index is 12.3. The number of ether oxygens (including phenoxy) is 1. The van der Waals surface area contributed by atoms with Crippen LogP contribution >= 0.6 is 0 Å². The van der Waals surface area contributed by atoms with Gasteiger partial charge in [-0.2, -0.15) is 0 Å². The third-order valence-corrected chi connectivity index (χ3v) is 4.27. The predicted molar refractivity (Wildman–Crippen MR) is 59.1 cm³/mol. The van der Waals surface area contributed by atoms with Crippen LogP contribution in [-0.2, 0) is 20.9 Å². The summed E-state index contributed by atoms with van der Waals surface area (Å²) in [7, 11) is 0. The van der Waals surface area contributed by atoms with E-state index >= 15 is 0 Å². The van der Waals surface area contributed by atoms with E-state index in [1.165, 1.54) is 4.90 Å². The summed E-state index contributed by atoms with van der Waals surface area (Å²) < 4.78 is 10.9. The number of carbonyl (C=O) groups excluding carboxylic acids is 2. The van der Waals surface area contributed by atoms with E-state index in [4.69, 9.17) is 9.15 Å². The molecule has 94 valence electrons. The van der Waals surface area contributed by atoms with Crippen LogP contribution in [0.1, 0.15) is 18.6 Å². The highest BCUT2D eigenvalue weighted by atomic mass is 16.5. The fourth-order valence-electron chi connectivity index (χ4n) is 3.49. The van der Waals surface area contributed by atoms with E-state index in [0.717, 1.165) is 12.8 Å². The molecule has 1 aromatic heterocycles. The summed E-state index contributed by atoms with van der Waals surface area (Å²) in [4.78, 5) is 25.9. The van der Waals surface area contributed by atoms with Gasteiger partial charge in [0.15, 0.2) is 0 Å². The Labute approximate surface area is 104 Å². The number of hydrogen-bond acceptors (Lipinski definition) is 4. The number of amides is 2. The number of carbonyl (C=O) groups is 2. The van der Waals surface area contributed by atoms with Gasteiger partial charge in [-0.15, -0.1) is 0 Å². The van der Waals surface area contributed by atoms with Gasteiger partial charge in [0.25, 0.3) is 0 Å². The molecule has 3 aliphatic rings. The highest BCUT2D eigenvalue weighted by molar-refractivity contribution is 6.06. The predicted octanol–water partition coefficient (Wildman–Crippen LogP) is 0.942. The first-order valence-electron chi connectivity index (χ1n) is 6.29. The normalized spacial score (nSPS) is 37.7. The molecule has 3 saturated heterocycles. The monoisotopic (exact) mass is 247 g/mol. The summed E-state index contributed by atoms with van der Waals surface area (Å²) >= 11 is 0. The lowest BCUT2D eigenvalue weighted by molar-refractivity contribution is -0.143. The van der Waals surface area contributed by atoms with E-state index in [-0.39, 0.29) is 42.4 Å². The second-order valence-electron chi connectivity index (χ2n) is 5.18. The van der Waals surface area contributed by atoms with E-state index in [2.05, 4.69) is 0 Å². The second kappa shape index (κ2) is 3.45. The van der Waals surface area contributed by atoms with Crippen molar-refractivity contribution in [1.29, 1.82) is 0 Å². The van der Waals surface area contributed by atoms with Gasteiger partial charge in [-0.1, -0.05) is 0 Å². The van der Waals surface area contributed by atoms with Crippen molar-refractivity contribution in [1.82, 2.24) is 4.90 Å². The largest absolute Gasteiger partial charge is 0.467 e. The van der Waals surface area contributed by atoms with Crippen molar-refractivity contribution in [2.45, 2.75) is 31.6 Å². The molecule has 0 radical (unpaired) electrons. The number of furan rings is 1. The maximum Gasteiger partial charge on any atom is 0.236 e. The highest BCUT2D eigenvalue weighted by Crippen LogP contribution is 2.48. The average molecular weight is 247 g/mol. The molecule has 1 aromatic rings. The van der Waals surface area contributed by atoms with Crippen molar-refractivity contribution >= 4 is 11.8 Å². The minimum absolute atomic E-state index is 0.0435. The molecule has 5 nitrogen and oxygen atoms in total. The van der Waals surface area contributed by atoms with Gasteiger partial charge in [-0.05, 0) is 25.0 Å². The summed E-state index contributed by atoms with van der Waals surface area (Å²) in [6.45, 7) is 0.247. The molecule has 0 N–H and O–H groups in total. The summed E-state index contributed by atoms with van der Waals surface area (Å²) in [6.07, 6.45) is 3.27. The zero-order valence-corrected chi connectivity index (χ0v) is 9.74. The van der Waals surface area contributed by atoms with Crippen molar-refractivity contribution < 1.29 is 18.7 Å². The highest BCUT2D eigenvalue weighted by Gasteiger charge is 2.62. The average Bonchev–Trinajstić information content (AvgIpc) is 3.10. The first kappa shape index (κ1) is 10.3. The van der Waals surface area contributed by atoms with Gasteiger partial charge >= 0.3 is 0 Å². The SMILES string of the molecule is O=C1[C@@H]2[C@@H](C(=O)N1Cc1ccco1)[C@@H]1CC[C@@H]2O1. The Morgan fingerprint density at radius 3 is 2.39 bits per heavy atom. The molecular weight excluding hydrogens is 234 g/mol. The Bertz CT molecular complexity index is 481. The van der Waals surface area contributed by atoms with Crippen molar-refractivity contribution in [2.24, 2.45) is 11.8 Å². The van der Waals surface area contributed by atoms with Gasteiger partial charge in [-0.25, -0.2) is 0 Å². The summed E-state index contributed by atoms with van der Waals surface area (Å²) in [5.74, 6) is -0.0236. The van der Waals surface area contributed by atoms with Gasteiger partial charge in [-0.3, -0.25) is 14.5 Å². The fourth-order valence-corrected chi connectivity index (χ4v) is 3.49. The van der Waals surface area contributed by atoms with Crippen molar-refractivity contribution in [3.8, 4) is 0 Å². The third kappa shape index (κ3) is 1.20. The summed E-state index contributed by atoms with van der Waals surface area (Å²) in [5, 5.41) is 0. The molecule has 5 heteroatoms. The third-order valence-electron chi connectivity index (χ3n) is 4.27. The molecule has 18 heavy (non-hydrogen) atoms. The fraction of sp³-hybridized carbons (Fsp3) is 0.538. The van der Waals surface area contributed by atoms with E-state index < -0.39 is 0 Å². The number of imide groups is 1. The quantitative estimate of drug-likeness (QED) is 0.730. The number of hydrogen-bond donors (Lipinski definition) is 0. The Hall–Kier alpha value is -1.62. The standard InChI is InChI=1S/C13H13NO4/c15-12-10-8-3-4-9(18-8)11(10)13(16)14(12)6-7-2-1-5-17-7/h1-2,5,8-11H,3-4,6H2/t8-,9-,10-,11-/m0/s1. The molecule has 0 spiro atoms. The zero-order valence-electron chi connectivity index (χ0n) is 9.74. The lowest BCUT2D eigenvalue weighted by atomic mass is 9.81. The molecule has 4 atom stereocenters. The van der Waals surface area contributed by atoms with Crippen LogP contribution in [0.4, 0.5) is 0 Å². The maximum absolute atomic E-state index is 12.3. The van der Waals surface area contributed by atoms with Crippen LogP contribution in [0.25, 0.3) is 0 Å². The molecule has 3 aliphatic heterocycles. The van der Waals surface area contributed by atoms with Crippen LogP contribution in [0.15, 0.2) is 22.8 Å². The van der Waals surface area contributed by atoms with Gasteiger partial charge in [0.1, 0.15) is 5.76 Å². The van der Waals surface area contributed by atoms with Crippen molar-refractivity contribution in [3.63, 3.8) is 0 Å². The molecule has 3 fully saturated rings. The Kier molecular flexibility index (Phi) is 1.97. The van der Waals surface area contributed by atoms with Crippen LogP contribution in [0, 0.1) is 11.8 Å². The first-order valence-corrected chi connectivity index (χ1v) is 6.29. The van der Waals surface area contributed by atoms with Crippen LogP contribution in [-0.4, -0.2) is 28.9 Å². The molecule has 0 aliphatic carbocycles. The first-order chi connectivity index (χ1) is 8.75. The minimum atomic E-state index is -0.244. The van der Waals surface area contributed by atoms with Gasteiger partial charge in [0.2, 0.25) is 11.8 Å². The van der Waals surface area contributed by atoms with Crippen LogP contribution < -0.4 is 0 Å². The van der Waals surface area contributed by atoms with Gasteiger partial charge in [0, 0.05) is 0 Å². The van der Waals surface area contributed by atoms with E-state index in [9.17, 15) is 9.59 Å². The summed E-state index contributed by atoms with van der Waals surface area (Å²) in [5.41, 5.74) is 0. The number of rotatable bonds is 2. The molecule has 4 heterocycles. The zero-order chi connectivity index (χ0) is 12.3. The minimum Gasteiger partial charge on any atom is -0.467 e. The molecular formula is C13H13NO4. The van der Waals surface area contributed by atoms with Gasteiger partial charge < -0.3 is 9.15 Å². The van der Waals surface area contributed by atoms with Crippen LogP contribution in [0.2, 0.25) is 0 Å². The second-order valence-corrected chi connectivity index (χ2v) is 5.18. The van der Waals surface area contributed by atoms with Crippen molar-refractivity contribution in [3.05, 3.63) is 24.2 Å². The molecule has 4 rings (SSSR count). The molecule has 0 aromatic carbocycles. The Balaban J connectivity index is 1.63. The lowest BCUT2D eigenvalue weighted by Crippen LogP contribution is -2.33. The summed E-state index contributed by atoms with van der Waals surface area (Å²) in [6, 6.07) is 3.54. The van der Waals surface area contributed by atoms with Crippen molar-refractivity contribution in [2.75, 3.05) is 0 Å². The lowest BCUT2D eigenvalue weighted by Gasteiger charge is -2.15. The van der Waals surface area contributed by atoms with E-state index in [0.29, 0.717) is 5.76 Å². The molecule has 0 saturated carbocycles. The van der Waals surface area contributed by atoms with E-state index in [1.54, 1.807) is 18.4 Å². The topological polar surface area (TPSA) is 59.8 Å². The number of nitrogens with zero attached hydrogens (tertiary/aromatic N) is 1. The molecule has 0 unspecified atom stereocenters. The smallest absolute Gasteiger partial charge is 0.236 e. The van der Waals surface area contributed by atoms with E-state index in [1.807, 2.05) is 0 Å². The molecule has 2 amide bonds. The Morgan fingerprint density at radius 2 is 1.83 bits per heavy atom. The van der Waals surface area contributed by atoms with Crippen LogP contribution in [0.5, 0.6) is 0 Å². The Morgan fingerprint density at radius 1 is 1.17 bits per heavy atom. The van der Waals surface area contributed by atoms with Crippen LogP contribution in [0.3, 0.4) is 0 Å². The number of likely N-dealkylation sites (tertiary alicyclic amines) is 1. The van der Waals surface area contributed by atoms with Gasteiger partial charge in [0.05, 0.1) is 36.9 Å². The molecule has 2 bridgehead atoms.